The Bertz CT molecular complexity index is 843. The van der Waals surface area contributed by atoms with Crippen molar-refractivity contribution >= 4 is 27.6 Å². The monoisotopic (exact) mass is 447 g/mol. The quantitative estimate of drug-likeness (QED) is 0.703. The maximum Gasteiger partial charge on any atom is 0.226 e. The molecule has 1 amide bonds. The van der Waals surface area contributed by atoms with Crippen molar-refractivity contribution in [2.24, 2.45) is 5.92 Å². The molecular weight excluding hydrogens is 422 g/mol. The first-order chi connectivity index (χ1) is 13.5. The molecule has 1 saturated carbocycles. The highest BCUT2D eigenvalue weighted by Gasteiger charge is 2.39. The van der Waals surface area contributed by atoms with E-state index in [1.54, 1.807) is 12.1 Å². The van der Waals surface area contributed by atoms with Crippen LogP contribution >= 0.6 is 15.9 Å². The maximum atomic E-state index is 13.1. The van der Waals surface area contributed by atoms with Crippen molar-refractivity contribution in [3.05, 3.63) is 33.3 Å². The Hall–Kier alpha value is -1.82. The fourth-order valence-corrected chi connectivity index (χ4v) is 5.13. The number of ether oxygens (including phenoxy) is 1. The predicted molar refractivity (Wildman–Crippen MR) is 109 cm³/mol. The van der Waals surface area contributed by atoms with Crippen LogP contribution < -0.4 is 4.74 Å². The first-order valence-electron chi connectivity index (χ1n) is 10.1. The van der Waals surface area contributed by atoms with Gasteiger partial charge in [-0.05, 0) is 55.4 Å². The lowest BCUT2D eigenvalue weighted by atomic mass is 9.78. The van der Waals surface area contributed by atoms with Crippen LogP contribution in [-0.2, 0) is 16.0 Å². The smallest absolute Gasteiger partial charge is 0.226 e. The largest absolute Gasteiger partial charge is 0.504 e. The molecule has 1 heterocycles. The Morgan fingerprint density at radius 1 is 1.29 bits per heavy atom. The highest BCUT2D eigenvalue weighted by molar-refractivity contribution is 9.10. The summed E-state index contributed by atoms with van der Waals surface area (Å²) in [6.07, 6.45) is 6.39. The summed E-state index contributed by atoms with van der Waals surface area (Å²) in [7, 11) is 1.53. The molecular formula is C22H26BrNO4. The highest BCUT2D eigenvalue weighted by atomic mass is 79.9. The van der Waals surface area contributed by atoms with Gasteiger partial charge in [-0.1, -0.05) is 27.9 Å². The zero-order chi connectivity index (χ0) is 19.8. The van der Waals surface area contributed by atoms with Crippen LogP contribution in [0.1, 0.15) is 50.5 Å². The summed E-state index contributed by atoms with van der Waals surface area (Å²) in [6.45, 7) is 0.686. The second kappa shape index (κ2) is 7.90. The number of amides is 1. The molecule has 0 radical (unpaired) electrons. The minimum Gasteiger partial charge on any atom is -0.504 e. The van der Waals surface area contributed by atoms with E-state index in [1.807, 2.05) is 4.90 Å². The number of Topliss-reactive ketones (excluding diaryl/α,β-unsaturated/α-hetero) is 1. The number of nitrogens with zero attached hydrogens (tertiary/aromatic N) is 1. The number of hydrogen-bond acceptors (Lipinski definition) is 4. The van der Waals surface area contributed by atoms with Gasteiger partial charge in [0.2, 0.25) is 5.91 Å². The van der Waals surface area contributed by atoms with E-state index in [0.717, 1.165) is 42.1 Å². The van der Waals surface area contributed by atoms with Gasteiger partial charge >= 0.3 is 0 Å². The number of phenols is 1. The number of hydrogen-bond donors (Lipinski definition) is 1. The number of aromatic hydroxyl groups is 1. The fraction of sp³-hybridized carbons (Fsp3) is 0.545. The van der Waals surface area contributed by atoms with E-state index in [4.69, 9.17) is 4.74 Å². The van der Waals surface area contributed by atoms with Gasteiger partial charge in [0.05, 0.1) is 13.2 Å². The number of methoxy groups -OCH3 is 1. The number of phenolic OH excluding ortho intramolecular Hbond substituents is 1. The molecule has 0 aromatic heterocycles. The van der Waals surface area contributed by atoms with Gasteiger partial charge in [0, 0.05) is 29.8 Å². The van der Waals surface area contributed by atoms with Gasteiger partial charge in [-0.15, -0.1) is 0 Å². The lowest BCUT2D eigenvalue weighted by molar-refractivity contribution is -0.140. The molecule has 6 heteroatoms. The van der Waals surface area contributed by atoms with Crippen LogP contribution in [0.3, 0.4) is 0 Å². The Morgan fingerprint density at radius 2 is 2.07 bits per heavy atom. The van der Waals surface area contributed by atoms with Crippen molar-refractivity contribution in [2.75, 3.05) is 13.7 Å². The van der Waals surface area contributed by atoms with Crippen LogP contribution in [0.5, 0.6) is 11.5 Å². The van der Waals surface area contributed by atoms with E-state index in [1.165, 1.54) is 18.3 Å². The lowest BCUT2D eigenvalue weighted by Crippen LogP contribution is -2.50. The summed E-state index contributed by atoms with van der Waals surface area (Å²) in [5.74, 6) is 1.24. The lowest BCUT2D eigenvalue weighted by Gasteiger charge is -2.43. The molecule has 1 aromatic rings. The molecule has 1 fully saturated rings. The maximum absolute atomic E-state index is 13.1. The van der Waals surface area contributed by atoms with Gasteiger partial charge in [0.15, 0.2) is 11.5 Å². The van der Waals surface area contributed by atoms with Crippen LogP contribution in [0.2, 0.25) is 0 Å². The van der Waals surface area contributed by atoms with E-state index in [9.17, 15) is 14.7 Å². The third-order valence-corrected chi connectivity index (χ3v) is 7.21. The Kier molecular flexibility index (Phi) is 5.50. The molecule has 3 aliphatic rings. The topological polar surface area (TPSA) is 66.8 Å². The average molecular weight is 448 g/mol. The Labute approximate surface area is 173 Å². The SMILES string of the molecule is COc1cc(Br)c(C[C@H]2C3=C(CCN2C(=O)C2CCC2)CC(=O)CC3)cc1O. The van der Waals surface area contributed by atoms with Crippen molar-refractivity contribution in [3.8, 4) is 11.5 Å². The molecule has 0 saturated heterocycles. The molecule has 0 unspecified atom stereocenters. The van der Waals surface area contributed by atoms with Crippen molar-refractivity contribution < 1.29 is 19.4 Å². The average Bonchev–Trinajstić information content (AvgIpc) is 2.62. The molecule has 1 aromatic carbocycles. The molecule has 4 rings (SSSR count). The predicted octanol–water partition coefficient (Wildman–Crippen LogP) is 4.16. The van der Waals surface area contributed by atoms with Crippen molar-refractivity contribution in [3.63, 3.8) is 0 Å². The van der Waals surface area contributed by atoms with Gasteiger partial charge < -0.3 is 14.7 Å². The van der Waals surface area contributed by atoms with Gasteiger partial charge in [0.1, 0.15) is 5.78 Å². The molecule has 5 nitrogen and oxygen atoms in total. The first kappa shape index (κ1) is 19.5. The Morgan fingerprint density at radius 3 is 2.75 bits per heavy atom. The van der Waals surface area contributed by atoms with Crippen LogP contribution in [0.4, 0.5) is 0 Å². The van der Waals surface area contributed by atoms with Gasteiger partial charge in [-0.3, -0.25) is 9.59 Å². The van der Waals surface area contributed by atoms with Gasteiger partial charge in [0.25, 0.3) is 0 Å². The summed E-state index contributed by atoms with van der Waals surface area (Å²) >= 11 is 3.59. The summed E-state index contributed by atoms with van der Waals surface area (Å²) in [5, 5.41) is 10.2. The molecule has 0 spiro atoms. The molecule has 0 bridgehead atoms. The zero-order valence-electron chi connectivity index (χ0n) is 16.2. The third-order valence-electron chi connectivity index (χ3n) is 6.47. The van der Waals surface area contributed by atoms with E-state index in [-0.39, 0.29) is 23.6 Å². The van der Waals surface area contributed by atoms with E-state index in [2.05, 4.69) is 15.9 Å². The van der Waals surface area contributed by atoms with Crippen molar-refractivity contribution in [2.45, 2.75) is 57.4 Å². The first-order valence-corrected chi connectivity index (χ1v) is 10.9. The van der Waals surface area contributed by atoms with Crippen LogP contribution in [0.25, 0.3) is 0 Å². The summed E-state index contributed by atoms with van der Waals surface area (Å²) in [6, 6.07) is 3.46. The summed E-state index contributed by atoms with van der Waals surface area (Å²) < 4.78 is 6.05. The minimum atomic E-state index is -0.0333. The Balaban J connectivity index is 1.68. The number of rotatable bonds is 4. The fourth-order valence-electron chi connectivity index (χ4n) is 4.64. The van der Waals surface area contributed by atoms with E-state index >= 15 is 0 Å². The number of halogens is 1. The van der Waals surface area contributed by atoms with Gasteiger partial charge in [-0.2, -0.15) is 0 Å². The van der Waals surface area contributed by atoms with Gasteiger partial charge in [-0.25, -0.2) is 0 Å². The molecule has 1 N–H and O–H groups in total. The standard InChI is InChI=1S/C22H26BrNO4/c1-28-21-12-18(23)15(11-20(21)26)10-19-17-6-5-16(25)9-14(17)7-8-24(19)22(27)13-3-2-4-13/h11-13,19,26H,2-10H2,1H3/t19-/m0/s1. The second-order valence-corrected chi connectivity index (χ2v) is 8.94. The van der Waals surface area contributed by atoms with E-state index < -0.39 is 0 Å². The second-order valence-electron chi connectivity index (χ2n) is 8.09. The number of benzene rings is 1. The normalized spacial score (nSPS) is 22.7. The van der Waals surface area contributed by atoms with Crippen LogP contribution in [0.15, 0.2) is 27.8 Å². The molecule has 150 valence electrons. The summed E-state index contributed by atoms with van der Waals surface area (Å²) in [4.78, 5) is 27.1. The van der Waals surface area contributed by atoms with Crippen LogP contribution in [-0.4, -0.2) is 41.4 Å². The highest BCUT2D eigenvalue weighted by Crippen LogP contribution is 2.40. The number of ketones is 1. The molecule has 28 heavy (non-hydrogen) atoms. The summed E-state index contributed by atoms with van der Waals surface area (Å²) in [5.41, 5.74) is 3.44. The third kappa shape index (κ3) is 3.59. The molecule has 1 aliphatic heterocycles. The number of carbonyl (C=O) groups excluding carboxylic acids is 2. The minimum absolute atomic E-state index is 0.0333. The van der Waals surface area contributed by atoms with Crippen LogP contribution in [0, 0.1) is 5.92 Å². The van der Waals surface area contributed by atoms with E-state index in [0.29, 0.717) is 37.3 Å². The molecule has 2 aliphatic carbocycles. The van der Waals surface area contributed by atoms with Crippen molar-refractivity contribution in [1.82, 2.24) is 4.90 Å². The van der Waals surface area contributed by atoms with Crippen molar-refractivity contribution in [1.29, 1.82) is 0 Å². The number of carbonyl (C=O) groups is 2. The zero-order valence-corrected chi connectivity index (χ0v) is 17.8. The molecule has 1 atom stereocenters.